The minimum absolute atomic E-state index is 0.0872. The zero-order valence-electron chi connectivity index (χ0n) is 23.6. The van der Waals surface area contributed by atoms with E-state index in [1.54, 1.807) is 0 Å². The van der Waals surface area contributed by atoms with Gasteiger partial charge in [-0.05, 0) is 44.1 Å². The van der Waals surface area contributed by atoms with Gasteiger partial charge in [-0.15, -0.1) is 0 Å². The number of fused-ring (bicyclic) bond motifs is 1. The molecule has 41 heavy (non-hydrogen) atoms. The maximum atomic E-state index is 13.8. The van der Waals surface area contributed by atoms with Crippen LogP contribution >= 0.6 is 0 Å². The Morgan fingerprint density at radius 2 is 1.63 bits per heavy atom. The Morgan fingerprint density at radius 3 is 2.39 bits per heavy atom. The van der Waals surface area contributed by atoms with Crippen molar-refractivity contribution >= 4 is 35.4 Å². The number of amides is 4. The van der Waals surface area contributed by atoms with Crippen molar-refractivity contribution in [2.45, 2.75) is 88.8 Å². The summed E-state index contributed by atoms with van der Waals surface area (Å²) in [5.41, 5.74) is 11.7. The number of guanidine groups is 1. The first-order chi connectivity index (χ1) is 19.8. The number of nitrogens with one attached hydrogen (secondary N) is 3. The second-order valence-electron chi connectivity index (χ2n) is 10.6. The van der Waals surface area contributed by atoms with Crippen molar-refractivity contribution in [1.82, 2.24) is 20.9 Å². The number of hydrogen-bond donors (Lipinski definition) is 5. The molecule has 1 aromatic rings. The Kier molecular flexibility index (Phi) is 12.6. The van der Waals surface area contributed by atoms with Crippen molar-refractivity contribution in [3.05, 3.63) is 35.9 Å². The molecule has 2 fully saturated rings. The summed E-state index contributed by atoms with van der Waals surface area (Å²) in [5.74, 6) is -2.64. The number of aliphatic imine (C=N–C) groups is 1. The zero-order chi connectivity index (χ0) is 29.6. The molecule has 0 radical (unpaired) electrons. The highest BCUT2D eigenvalue weighted by Gasteiger charge is 2.39. The summed E-state index contributed by atoms with van der Waals surface area (Å²) in [5, 5.41) is 8.30. The van der Waals surface area contributed by atoms with Gasteiger partial charge in [-0.2, -0.15) is 0 Å². The number of rotatable bonds is 6. The molecule has 0 bridgehead atoms. The molecule has 12 nitrogen and oxygen atoms in total. The second-order valence-corrected chi connectivity index (χ2v) is 10.6. The smallest absolute Gasteiger partial charge is 0.289 e. The van der Waals surface area contributed by atoms with Gasteiger partial charge in [-0.1, -0.05) is 49.6 Å². The average molecular weight is 570 g/mol. The average Bonchev–Trinajstić information content (AvgIpc) is 3.45. The highest BCUT2D eigenvalue weighted by atomic mass is 16.2. The number of carbonyl (C=O) groups is 5. The Morgan fingerprint density at radius 1 is 0.902 bits per heavy atom. The van der Waals surface area contributed by atoms with Crippen LogP contribution in [-0.4, -0.2) is 78.0 Å². The number of benzene rings is 1. The molecule has 7 N–H and O–H groups in total. The first kappa shape index (κ1) is 31.6. The number of Topliss-reactive ketones (excluding diaryl/α,β-unsaturated/α-hetero) is 1. The lowest BCUT2D eigenvalue weighted by Crippen LogP contribution is -2.56. The molecule has 2 aliphatic heterocycles. The van der Waals surface area contributed by atoms with Gasteiger partial charge in [0.05, 0.1) is 6.04 Å². The highest BCUT2D eigenvalue weighted by molar-refractivity contribution is 6.38. The topological polar surface area (TPSA) is 189 Å². The molecule has 1 aromatic carbocycles. The van der Waals surface area contributed by atoms with Crippen LogP contribution in [0.15, 0.2) is 35.3 Å². The van der Waals surface area contributed by atoms with Crippen LogP contribution in [0.3, 0.4) is 0 Å². The Labute approximate surface area is 241 Å². The normalized spacial score (nSPS) is 23.8. The summed E-state index contributed by atoms with van der Waals surface area (Å²) >= 11 is 0. The van der Waals surface area contributed by atoms with Gasteiger partial charge in [0.1, 0.15) is 12.1 Å². The number of nitrogens with two attached hydrogens (primary N) is 2. The molecular formula is C29H43N7O5. The largest absolute Gasteiger partial charge is 0.370 e. The van der Waals surface area contributed by atoms with E-state index in [1.807, 2.05) is 30.3 Å². The van der Waals surface area contributed by atoms with Gasteiger partial charge in [0.2, 0.25) is 23.5 Å². The Balaban J connectivity index is 1.82. The number of carbonyl (C=O) groups excluding carboxylic acids is 5. The van der Waals surface area contributed by atoms with Gasteiger partial charge < -0.3 is 32.3 Å². The summed E-state index contributed by atoms with van der Waals surface area (Å²) in [7, 11) is 0. The monoisotopic (exact) mass is 569 g/mol. The van der Waals surface area contributed by atoms with Gasteiger partial charge in [0.25, 0.3) is 5.91 Å². The van der Waals surface area contributed by atoms with Gasteiger partial charge in [-0.25, -0.2) is 0 Å². The van der Waals surface area contributed by atoms with Gasteiger partial charge in [0.15, 0.2) is 5.96 Å². The lowest BCUT2D eigenvalue weighted by Gasteiger charge is -2.30. The third-order valence-corrected chi connectivity index (χ3v) is 7.42. The van der Waals surface area contributed by atoms with Crippen LogP contribution < -0.4 is 27.4 Å². The number of ketones is 1. The predicted molar refractivity (Wildman–Crippen MR) is 154 cm³/mol. The van der Waals surface area contributed by atoms with Crippen LogP contribution in [0, 0.1) is 0 Å². The first-order valence-electron chi connectivity index (χ1n) is 14.6. The first-order valence-corrected chi connectivity index (χ1v) is 14.6. The minimum Gasteiger partial charge on any atom is -0.370 e. The maximum Gasteiger partial charge on any atom is 0.289 e. The van der Waals surface area contributed by atoms with Crippen LogP contribution in [0.4, 0.5) is 0 Å². The van der Waals surface area contributed by atoms with E-state index in [4.69, 9.17) is 11.5 Å². The summed E-state index contributed by atoms with van der Waals surface area (Å²) < 4.78 is 0. The minimum atomic E-state index is -1.09. The van der Waals surface area contributed by atoms with E-state index in [0.29, 0.717) is 58.0 Å². The Hall–Kier alpha value is -3.96. The molecule has 2 heterocycles. The zero-order valence-corrected chi connectivity index (χ0v) is 23.6. The molecule has 3 rings (SSSR count). The summed E-state index contributed by atoms with van der Waals surface area (Å²) in [6, 6.07) is 6.68. The molecular weight excluding hydrogens is 526 g/mol. The van der Waals surface area contributed by atoms with E-state index in [-0.39, 0.29) is 30.7 Å². The van der Waals surface area contributed by atoms with Crippen molar-refractivity contribution in [3.8, 4) is 0 Å². The number of hydrogen-bond acceptors (Lipinski definition) is 6. The molecule has 224 valence electrons. The van der Waals surface area contributed by atoms with Gasteiger partial charge >= 0.3 is 0 Å². The molecule has 3 atom stereocenters. The fraction of sp³-hybridized carbons (Fsp3) is 0.586. The third-order valence-electron chi connectivity index (χ3n) is 7.42. The van der Waals surface area contributed by atoms with Crippen molar-refractivity contribution < 1.29 is 24.0 Å². The number of nitrogens with zero attached hydrogens (tertiary/aromatic N) is 2. The van der Waals surface area contributed by atoms with E-state index >= 15 is 0 Å². The lowest BCUT2D eigenvalue weighted by molar-refractivity contribution is -0.143. The SMILES string of the molecule is NC(N)=NCCC[C@@H]1NC(=O)C2CCCN2C(=O)[C@@H](Cc2ccccc2)NC(=O)CCCCCCCNC(=O)C1=O. The predicted octanol–water partition coefficient (Wildman–Crippen LogP) is 0.283. The standard InChI is InChI=1S/C29H43N7O5/c30-29(31)33-17-9-13-21-25(38)27(40)32-16-8-3-1-2-7-15-24(37)34-22(19-20-11-5-4-6-12-20)28(41)36-18-10-14-23(36)26(39)35-21/h4-6,11-12,21-23H,1-3,7-10,13-19H2,(H,32,40)(H,34,37)(H,35,39)(H4,30,31,33)/t21-,22+,23?/m0/s1. The summed E-state index contributed by atoms with van der Waals surface area (Å²) in [6.07, 6.45) is 6.03. The molecule has 0 aromatic heterocycles. The van der Waals surface area contributed by atoms with E-state index in [2.05, 4.69) is 20.9 Å². The molecule has 1 unspecified atom stereocenters. The van der Waals surface area contributed by atoms with Gasteiger partial charge in [-0.3, -0.25) is 29.0 Å². The van der Waals surface area contributed by atoms with Crippen LogP contribution in [0.2, 0.25) is 0 Å². The third kappa shape index (κ3) is 10.2. The van der Waals surface area contributed by atoms with E-state index in [9.17, 15) is 24.0 Å². The fourth-order valence-corrected chi connectivity index (χ4v) is 5.25. The Bertz CT molecular complexity index is 1090. The molecule has 2 aliphatic rings. The highest BCUT2D eigenvalue weighted by Crippen LogP contribution is 2.21. The van der Waals surface area contributed by atoms with E-state index in [0.717, 1.165) is 24.8 Å². The fourth-order valence-electron chi connectivity index (χ4n) is 5.25. The lowest BCUT2D eigenvalue weighted by atomic mass is 10.0. The van der Waals surface area contributed by atoms with Crippen molar-refractivity contribution in [1.29, 1.82) is 0 Å². The molecule has 0 saturated carbocycles. The van der Waals surface area contributed by atoms with Crippen LogP contribution in [0.25, 0.3) is 0 Å². The van der Waals surface area contributed by atoms with Crippen LogP contribution in [0.1, 0.15) is 69.8 Å². The van der Waals surface area contributed by atoms with Crippen LogP contribution in [0.5, 0.6) is 0 Å². The van der Waals surface area contributed by atoms with Crippen molar-refractivity contribution in [2.24, 2.45) is 16.5 Å². The van der Waals surface area contributed by atoms with E-state index in [1.165, 1.54) is 4.90 Å². The maximum absolute atomic E-state index is 13.8. The van der Waals surface area contributed by atoms with Crippen molar-refractivity contribution in [3.63, 3.8) is 0 Å². The summed E-state index contributed by atoms with van der Waals surface area (Å²) in [4.78, 5) is 71.2. The molecule has 0 spiro atoms. The summed E-state index contributed by atoms with van der Waals surface area (Å²) in [6.45, 7) is 0.923. The molecule has 0 aliphatic carbocycles. The molecule has 12 heteroatoms. The van der Waals surface area contributed by atoms with Gasteiger partial charge in [0, 0.05) is 32.5 Å². The second kappa shape index (κ2) is 16.3. The molecule has 2 saturated heterocycles. The van der Waals surface area contributed by atoms with E-state index < -0.39 is 35.7 Å². The quantitative estimate of drug-likeness (QED) is 0.141. The molecule has 4 amide bonds. The van der Waals surface area contributed by atoms with Crippen molar-refractivity contribution in [2.75, 3.05) is 19.6 Å². The van der Waals surface area contributed by atoms with Crippen LogP contribution in [-0.2, 0) is 30.4 Å².